The van der Waals surface area contributed by atoms with Gasteiger partial charge in [0.25, 0.3) is 5.69 Å². The molecule has 42 nitrogen and oxygen atoms in total. The number of nitrogens with two attached hydrogens (primary N) is 5. The van der Waals surface area contributed by atoms with E-state index in [0.717, 1.165) is 12.1 Å². The van der Waals surface area contributed by atoms with Gasteiger partial charge in [-0.3, -0.25) is 82.4 Å². The van der Waals surface area contributed by atoms with E-state index in [-0.39, 0.29) is 135 Å². The Kier molecular flexibility index (Phi) is 38.5. The molecule has 23 N–H and O–H groups in total. The Morgan fingerprint density at radius 1 is 0.627 bits per heavy atom. The lowest BCUT2D eigenvalue weighted by Gasteiger charge is -2.31. The van der Waals surface area contributed by atoms with Crippen LogP contribution in [0.25, 0.3) is 0 Å². The second kappa shape index (κ2) is 47.7. The predicted molar refractivity (Wildman–Crippen MR) is 428 cm³/mol. The number of nitro groups is 1. The molecule has 0 aliphatic carbocycles. The number of para-hydroxylation sites is 1. The van der Waals surface area contributed by atoms with Gasteiger partial charge in [0.15, 0.2) is 16.8 Å². The third-order valence-electron chi connectivity index (χ3n) is 20.2. The monoisotopic (exact) mass is 1670 g/mol. The Balaban J connectivity index is 1.32. The van der Waals surface area contributed by atoms with Gasteiger partial charge in [0, 0.05) is 58.2 Å². The number of carboxylic acid groups (broad SMARTS) is 1. The van der Waals surface area contributed by atoms with Gasteiger partial charge in [0.2, 0.25) is 86.8 Å². The minimum absolute atomic E-state index is 0.00112. The highest BCUT2D eigenvalue weighted by Gasteiger charge is 2.43. The number of aliphatic hydroxyl groups is 1. The Labute approximate surface area is 683 Å². The summed E-state index contributed by atoms with van der Waals surface area (Å²) in [4.78, 5) is 219. The van der Waals surface area contributed by atoms with E-state index in [1.165, 1.54) is 34.1 Å². The van der Waals surface area contributed by atoms with Crippen LogP contribution in [0.4, 0.5) is 5.69 Å². The molecular weight excluding hydrogens is 1560 g/mol. The van der Waals surface area contributed by atoms with E-state index in [4.69, 9.17) is 28.7 Å². The van der Waals surface area contributed by atoms with Gasteiger partial charge in [-0.2, -0.15) is 4.31 Å². The van der Waals surface area contributed by atoms with Crippen molar-refractivity contribution in [1.82, 2.24) is 72.6 Å². The van der Waals surface area contributed by atoms with Gasteiger partial charge in [-0.05, 0) is 127 Å². The van der Waals surface area contributed by atoms with Crippen LogP contribution < -0.4 is 87.2 Å². The van der Waals surface area contributed by atoms with Gasteiger partial charge in [0.05, 0.1) is 18.1 Å². The molecule has 4 aliphatic rings. The van der Waals surface area contributed by atoms with Gasteiger partial charge in [-0.25, -0.2) is 13.2 Å². The fourth-order valence-electron chi connectivity index (χ4n) is 13.9. The fourth-order valence-corrected chi connectivity index (χ4v) is 15.4. The van der Waals surface area contributed by atoms with E-state index in [1.54, 1.807) is 44.2 Å². The topological polar surface area (TPSA) is 654 Å². The van der Waals surface area contributed by atoms with Gasteiger partial charge in [-0.1, -0.05) is 88.2 Å². The van der Waals surface area contributed by atoms with Crippen molar-refractivity contribution in [2.75, 3.05) is 59.0 Å². The summed E-state index contributed by atoms with van der Waals surface area (Å²) in [5, 5.41) is 61.7. The standard InChI is InChI=1S/C75H114N22O20S/c1-4-5-21-52(72(111)96-38-18-28-58(96)71(110)92-54(73(112)113)41-45-19-7-6-8-20-45)90-70(109)57-27-17-37-95(57)61(100)42-83-62(101)46(22-11-13-33-76)85-67(106)51-32-39-94(118(116,117)59-29-10-9-26-56(59)97(114)115)36-14-12-23-47(86-64(103)48(24-15-34-81-74(77)78)88-66(105)50-30-31-60(99)84-50)63(102)87-49(25-16-35-82-75(79)80)65(104)91-53(40-44(2)3)68(107)93-55(43-98)69(108)89-51/h6-10,12,14,19-20,26,29,44,46-55,57-58,98H,4-5,11,13,15-18,21-25,27-28,30-43,76H2,1-3H3,(H,83,101)(H,84,99)(H,85,106)(H,86,103)(H,87,102)(H,88,105)(H,89,108)(H,90,109)(H,91,104)(H,92,110)(H,93,107)(H,112,113)(H4,77,78,81)(H4,79,80,82)/b14-12+/t46-,47-,48-,49-,50-,51-,52-,53-,54-,55-,57-,58-/m0/s1. The molecule has 0 unspecified atom stereocenters. The zero-order valence-corrected chi connectivity index (χ0v) is 67.4. The molecule has 2 aromatic rings. The summed E-state index contributed by atoms with van der Waals surface area (Å²) < 4.78 is 30.8. The lowest BCUT2D eigenvalue weighted by Crippen LogP contribution is -2.61. The number of aliphatic imine (C=N–C) groups is 2. The Morgan fingerprint density at radius 2 is 1.19 bits per heavy atom. The molecule has 650 valence electrons. The number of hydrogen-bond acceptors (Lipinski definition) is 22. The summed E-state index contributed by atoms with van der Waals surface area (Å²) in [5.74, 6) is -13.8. The Morgan fingerprint density at radius 3 is 1.80 bits per heavy atom. The highest BCUT2D eigenvalue weighted by Crippen LogP contribution is 2.28. The van der Waals surface area contributed by atoms with E-state index >= 15 is 13.2 Å². The van der Waals surface area contributed by atoms with Crippen LogP contribution in [0.1, 0.15) is 148 Å². The SMILES string of the molecule is CCCC[C@H](NC(=O)[C@@H]1CCCN1C(=O)CNC(=O)[C@H](CCCCN)NC(=O)[C@@H]1CCN(S(=O)(=O)c2ccccc2[N+](=O)[O-])C/C=C/C[C@H](NC(=O)[C@H](CCCN=C(N)N)NC(=O)[C@@H]2CCC(=O)N2)C(=O)N[C@@H](CCCN=C(N)N)C(=O)N[C@@H](CC(C)C)C(=O)N[C@@H](CO)C(=O)N1)C(=O)N1CCC[C@H]1C(=O)N[C@@H](Cc1ccccc1)C(=O)O. The zero-order chi connectivity index (χ0) is 86.8. The molecule has 3 saturated heterocycles. The third kappa shape index (κ3) is 29.6. The maximum atomic E-state index is 15.1. The number of nitrogens with zero attached hydrogens (tertiary/aromatic N) is 6. The van der Waals surface area contributed by atoms with Crippen molar-refractivity contribution in [2.45, 2.75) is 227 Å². The second-order valence-corrected chi connectivity index (χ2v) is 31.5. The van der Waals surface area contributed by atoms with Gasteiger partial charge < -0.3 is 107 Å². The molecule has 4 aliphatic heterocycles. The van der Waals surface area contributed by atoms with E-state index in [0.29, 0.717) is 35.6 Å². The molecule has 118 heavy (non-hydrogen) atoms. The van der Waals surface area contributed by atoms with Crippen molar-refractivity contribution in [1.29, 1.82) is 0 Å². The quantitative estimate of drug-likeness (QED) is 0.00752. The highest BCUT2D eigenvalue weighted by atomic mass is 32.2. The normalized spacial score (nSPS) is 21.7. The lowest BCUT2D eigenvalue weighted by molar-refractivity contribution is -0.387. The molecule has 0 aromatic heterocycles. The van der Waals surface area contributed by atoms with E-state index in [9.17, 15) is 82.7 Å². The van der Waals surface area contributed by atoms with Crippen LogP contribution in [0.2, 0.25) is 0 Å². The molecule has 13 amide bonds. The molecule has 0 radical (unpaired) electrons. The summed E-state index contributed by atoms with van der Waals surface area (Å²) in [6.45, 7) is 1.82. The number of likely N-dealkylation sites (tertiary alicyclic amines) is 2. The maximum absolute atomic E-state index is 15.1. The number of sulfonamides is 1. The third-order valence-corrected chi connectivity index (χ3v) is 22.1. The van der Waals surface area contributed by atoms with Gasteiger partial charge in [0.1, 0.15) is 72.5 Å². The number of guanidine groups is 2. The van der Waals surface area contributed by atoms with Crippen LogP contribution in [-0.4, -0.2) is 264 Å². The number of aliphatic carboxylic acids is 1. The average molecular weight is 1680 g/mol. The molecule has 0 spiro atoms. The van der Waals surface area contributed by atoms with Crippen molar-refractivity contribution < 1.29 is 90.7 Å². The first kappa shape index (κ1) is 95.4. The number of hydrogen-bond donors (Lipinski definition) is 18. The van der Waals surface area contributed by atoms with Crippen LogP contribution in [0.15, 0.2) is 81.6 Å². The minimum atomic E-state index is -5.11. The van der Waals surface area contributed by atoms with Crippen LogP contribution in [-0.2, 0) is 83.6 Å². The van der Waals surface area contributed by atoms with Crippen molar-refractivity contribution in [3.05, 3.63) is 82.4 Å². The van der Waals surface area contributed by atoms with E-state index in [1.807, 2.05) is 6.92 Å². The van der Waals surface area contributed by atoms with Crippen molar-refractivity contribution in [2.24, 2.45) is 44.6 Å². The Hall–Kier alpha value is -11.5. The maximum Gasteiger partial charge on any atom is 0.326 e. The summed E-state index contributed by atoms with van der Waals surface area (Å²) in [6.07, 6.45) is 3.18. The highest BCUT2D eigenvalue weighted by molar-refractivity contribution is 7.89. The second-order valence-electron chi connectivity index (χ2n) is 29.6. The number of benzene rings is 2. The number of carboxylic acids is 1. The first-order chi connectivity index (χ1) is 56.2. The van der Waals surface area contributed by atoms with Crippen molar-refractivity contribution in [3.63, 3.8) is 0 Å². The summed E-state index contributed by atoms with van der Waals surface area (Å²) in [5.41, 5.74) is 27.9. The van der Waals surface area contributed by atoms with E-state index < -0.39 is 226 Å². The molecule has 0 saturated carbocycles. The Bertz CT molecular complexity index is 4070. The van der Waals surface area contributed by atoms with Crippen LogP contribution >= 0.6 is 0 Å². The first-order valence-corrected chi connectivity index (χ1v) is 41.1. The molecule has 6 rings (SSSR count). The number of unbranched alkanes of at least 4 members (excludes halogenated alkanes) is 2. The molecule has 2 aromatic carbocycles. The predicted octanol–water partition coefficient (Wildman–Crippen LogP) is -4.53. The summed E-state index contributed by atoms with van der Waals surface area (Å²) in [7, 11) is -5.11. The minimum Gasteiger partial charge on any atom is -0.480 e. The lowest BCUT2D eigenvalue weighted by atomic mass is 10.0. The number of nitrogens with one attached hydrogen (secondary N) is 11. The number of carbonyl (C=O) groups is 14. The van der Waals surface area contributed by atoms with Gasteiger partial charge in [-0.15, -0.1) is 0 Å². The fraction of sp³-hybridized carbons (Fsp3) is 0.600. The molecule has 0 bridgehead atoms. The number of rotatable bonds is 38. The largest absolute Gasteiger partial charge is 0.480 e. The summed E-state index contributed by atoms with van der Waals surface area (Å²) in [6, 6.07) is -4.68. The smallest absolute Gasteiger partial charge is 0.326 e. The molecule has 4 heterocycles. The van der Waals surface area contributed by atoms with Crippen molar-refractivity contribution in [3.8, 4) is 0 Å². The number of carbonyl (C=O) groups excluding carboxylic acids is 13. The summed E-state index contributed by atoms with van der Waals surface area (Å²) >= 11 is 0. The van der Waals surface area contributed by atoms with Crippen LogP contribution in [0, 0.1) is 16.0 Å². The molecule has 12 atom stereocenters. The average Bonchev–Trinajstić information content (AvgIpc) is 0.882. The number of aliphatic hydroxyl groups excluding tert-OH is 1. The molecular formula is C75H114N22O20S. The first-order valence-electron chi connectivity index (χ1n) is 39.6. The van der Waals surface area contributed by atoms with Crippen molar-refractivity contribution >= 4 is 110 Å². The van der Waals surface area contributed by atoms with E-state index in [2.05, 4.69) is 68.5 Å². The molecule has 3 fully saturated rings. The molecule has 43 heteroatoms. The van der Waals surface area contributed by atoms with Gasteiger partial charge >= 0.3 is 5.97 Å². The van der Waals surface area contributed by atoms with Crippen LogP contribution in [0.5, 0.6) is 0 Å². The zero-order valence-electron chi connectivity index (χ0n) is 66.6. The van der Waals surface area contributed by atoms with Crippen LogP contribution in [0.3, 0.4) is 0 Å². The number of amides is 13. The number of nitro benzene ring substituents is 1.